The van der Waals surface area contributed by atoms with Crippen LogP contribution in [-0.2, 0) is 14.8 Å². The van der Waals surface area contributed by atoms with Gasteiger partial charge in [-0.15, -0.1) is 0 Å². The highest BCUT2D eigenvalue weighted by atomic mass is 35.5. The topological polar surface area (TPSA) is 66.5 Å². The molecule has 0 atom stereocenters. The molecule has 0 spiro atoms. The number of sulfonamides is 1. The van der Waals surface area contributed by atoms with Crippen molar-refractivity contribution in [3.05, 3.63) is 29.0 Å². The summed E-state index contributed by atoms with van der Waals surface area (Å²) in [5.41, 5.74) is 0.249. The first-order valence-corrected chi connectivity index (χ1v) is 7.61. The van der Waals surface area contributed by atoms with Gasteiger partial charge in [0.15, 0.2) is 0 Å². The number of benzene rings is 1. The second kappa shape index (κ2) is 6.21. The van der Waals surface area contributed by atoms with Crippen molar-refractivity contribution in [1.29, 1.82) is 0 Å². The van der Waals surface area contributed by atoms with E-state index in [1.165, 1.54) is 19.1 Å². The smallest absolute Gasteiger partial charge is 0.232 e. The van der Waals surface area contributed by atoms with Gasteiger partial charge >= 0.3 is 0 Å². The standard InChI is InChI=1S/C11H14ClFN2O3S/c1-8(16)14-5-6-15(19(2,17)18)9-3-4-11(13)10(12)7-9/h3-4,7H,5-6H2,1-2H3,(H,14,16). The maximum absolute atomic E-state index is 13.1. The Morgan fingerprint density at radius 1 is 1.47 bits per heavy atom. The molecule has 1 N–H and O–H groups in total. The number of carbonyl (C=O) groups is 1. The summed E-state index contributed by atoms with van der Waals surface area (Å²) in [6, 6.07) is 3.63. The molecule has 0 aromatic heterocycles. The molecule has 0 saturated carbocycles. The minimum absolute atomic E-state index is 0.0420. The van der Waals surface area contributed by atoms with E-state index >= 15 is 0 Å². The Kier molecular flexibility index (Phi) is 5.13. The van der Waals surface area contributed by atoms with E-state index in [1.807, 2.05) is 0 Å². The Morgan fingerprint density at radius 2 is 2.11 bits per heavy atom. The molecule has 8 heteroatoms. The molecule has 0 radical (unpaired) electrons. The molecule has 106 valence electrons. The minimum Gasteiger partial charge on any atom is -0.355 e. The molecule has 0 aliphatic carbocycles. The summed E-state index contributed by atoms with van der Waals surface area (Å²) >= 11 is 5.63. The fourth-order valence-electron chi connectivity index (χ4n) is 1.46. The third kappa shape index (κ3) is 4.68. The van der Waals surface area contributed by atoms with E-state index in [0.29, 0.717) is 0 Å². The highest BCUT2D eigenvalue weighted by Gasteiger charge is 2.18. The number of hydrogen-bond donors (Lipinski definition) is 1. The lowest BCUT2D eigenvalue weighted by atomic mass is 10.3. The number of nitrogens with zero attached hydrogens (tertiary/aromatic N) is 1. The molecule has 0 fully saturated rings. The summed E-state index contributed by atoms with van der Waals surface area (Å²) in [6.45, 7) is 1.53. The number of carbonyl (C=O) groups excluding carboxylic acids is 1. The van der Waals surface area contributed by atoms with Gasteiger partial charge in [0.25, 0.3) is 0 Å². The van der Waals surface area contributed by atoms with Crippen molar-refractivity contribution >= 4 is 33.2 Å². The number of nitrogens with one attached hydrogen (secondary N) is 1. The van der Waals surface area contributed by atoms with Crippen LogP contribution in [0.1, 0.15) is 6.92 Å². The van der Waals surface area contributed by atoms with Crippen LogP contribution in [0.5, 0.6) is 0 Å². The summed E-state index contributed by atoms with van der Waals surface area (Å²) in [5.74, 6) is -0.883. The highest BCUT2D eigenvalue weighted by Crippen LogP contribution is 2.24. The van der Waals surface area contributed by atoms with E-state index in [0.717, 1.165) is 16.6 Å². The zero-order valence-corrected chi connectivity index (χ0v) is 12.1. The predicted molar refractivity (Wildman–Crippen MR) is 72.3 cm³/mol. The second-order valence-electron chi connectivity index (χ2n) is 3.92. The van der Waals surface area contributed by atoms with Crippen molar-refractivity contribution in [1.82, 2.24) is 5.32 Å². The van der Waals surface area contributed by atoms with Gasteiger partial charge in [0, 0.05) is 13.5 Å². The van der Waals surface area contributed by atoms with Gasteiger partial charge in [-0.25, -0.2) is 12.8 Å². The molecule has 0 aliphatic heterocycles. The molecule has 5 nitrogen and oxygen atoms in total. The molecule has 0 aliphatic rings. The van der Waals surface area contributed by atoms with E-state index < -0.39 is 15.8 Å². The molecule has 0 unspecified atom stereocenters. The van der Waals surface area contributed by atoms with Crippen molar-refractivity contribution in [2.45, 2.75) is 6.92 Å². The van der Waals surface area contributed by atoms with Crippen molar-refractivity contribution in [3.63, 3.8) is 0 Å². The Balaban J connectivity index is 2.97. The number of hydrogen-bond acceptors (Lipinski definition) is 3. The minimum atomic E-state index is -3.54. The van der Waals surface area contributed by atoms with Crippen LogP contribution >= 0.6 is 11.6 Å². The van der Waals surface area contributed by atoms with Gasteiger partial charge in [0.2, 0.25) is 15.9 Å². The van der Waals surface area contributed by atoms with Crippen molar-refractivity contribution in [3.8, 4) is 0 Å². The van der Waals surface area contributed by atoms with Gasteiger partial charge in [-0.3, -0.25) is 9.10 Å². The molecule has 0 saturated heterocycles. The maximum atomic E-state index is 13.1. The molecular weight excluding hydrogens is 295 g/mol. The van der Waals surface area contributed by atoms with Crippen LogP contribution in [0.15, 0.2) is 18.2 Å². The van der Waals surface area contributed by atoms with Crippen LogP contribution in [0.2, 0.25) is 5.02 Å². The van der Waals surface area contributed by atoms with Gasteiger partial charge in [-0.2, -0.15) is 0 Å². The summed E-state index contributed by atoms with van der Waals surface area (Å²) < 4.78 is 37.5. The molecular formula is C11H14ClFN2O3S. The summed E-state index contributed by atoms with van der Waals surface area (Å²) in [5, 5.41) is 2.33. The number of halogens is 2. The lowest BCUT2D eigenvalue weighted by Gasteiger charge is -2.22. The number of rotatable bonds is 5. The summed E-state index contributed by atoms with van der Waals surface area (Å²) in [6.07, 6.45) is 1.03. The normalized spacial score (nSPS) is 11.2. The molecule has 19 heavy (non-hydrogen) atoms. The Hall–Kier alpha value is -1.34. The quantitative estimate of drug-likeness (QED) is 0.893. The predicted octanol–water partition coefficient (Wildman–Crippen LogP) is 1.38. The van der Waals surface area contributed by atoms with E-state index in [1.54, 1.807) is 0 Å². The Labute approximate surface area is 116 Å². The van der Waals surface area contributed by atoms with Crippen molar-refractivity contribution < 1.29 is 17.6 Å². The lowest BCUT2D eigenvalue weighted by molar-refractivity contribution is -0.118. The van der Waals surface area contributed by atoms with Crippen LogP contribution in [0.4, 0.5) is 10.1 Å². The molecule has 1 aromatic rings. The first-order chi connectivity index (χ1) is 8.71. The van der Waals surface area contributed by atoms with Crippen LogP contribution in [0.3, 0.4) is 0 Å². The first-order valence-electron chi connectivity index (χ1n) is 5.39. The molecule has 0 heterocycles. The molecule has 1 rings (SSSR count). The average Bonchev–Trinajstić information content (AvgIpc) is 2.26. The van der Waals surface area contributed by atoms with Crippen molar-refractivity contribution in [2.75, 3.05) is 23.7 Å². The second-order valence-corrected chi connectivity index (χ2v) is 6.23. The van der Waals surface area contributed by atoms with Crippen LogP contribution < -0.4 is 9.62 Å². The van der Waals surface area contributed by atoms with E-state index in [4.69, 9.17) is 11.6 Å². The lowest BCUT2D eigenvalue weighted by Crippen LogP contribution is -2.37. The zero-order valence-electron chi connectivity index (χ0n) is 10.5. The van der Waals surface area contributed by atoms with Crippen LogP contribution in [-0.4, -0.2) is 33.7 Å². The first kappa shape index (κ1) is 15.7. The van der Waals surface area contributed by atoms with Gasteiger partial charge in [0.05, 0.1) is 23.5 Å². The summed E-state index contributed by atoms with van der Waals surface area (Å²) in [4.78, 5) is 10.8. The molecule has 1 amide bonds. The van der Waals surface area contributed by atoms with Gasteiger partial charge in [0.1, 0.15) is 5.82 Å². The Bertz CT molecular complexity index is 577. The number of amides is 1. The maximum Gasteiger partial charge on any atom is 0.232 e. The summed E-state index contributed by atoms with van der Waals surface area (Å²) in [7, 11) is -3.54. The van der Waals surface area contributed by atoms with Gasteiger partial charge < -0.3 is 5.32 Å². The highest BCUT2D eigenvalue weighted by molar-refractivity contribution is 7.92. The zero-order chi connectivity index (χ0) is 14.6. The van der Waals surface area contributed by atoms with Gasteiger partial charge in [-0.05, 0) is 18.2 Å². The SMILES string of the molecule is CC(=O)NCCN(c1ccc(F)c(Cl)c1)S(C)(=O)=O. The fourth-order valence-corrected chi connectivity index (χ4v) is 2.55. The molecule has 0 bridgehead atoms. The van der Waals surface area contributed by atoms with E-state index in [2.05, 4.69) is 5.32 Å². The van der Waals surface area contributed by atoms with E-state index in [-0.39, 0.29) is 29.7 Å². The van der Waals surface area contributed by atoms with Crippen LogP contribution in [0.25, 0.3) is 0 Å². The van der Waals surface area contributed by atoms with Gasteiger partial charge in [-0.1, -0.05) is 11.6 Å². The third-order valence-corrected chi connectivity index (χ3v) is 3.76. The fraction of sp³-hybridized carbons (Fsp3) is 0.364. The Morgan fingerprint density at radius 3 is 2.58 bits per heavy atom. The number of anilines is 1. The monoisotopic (exact) mass is 308 g/mol. The molecule has 1 aromatic carbocycles. The van der Waals surface area contributed by atoms with Crippen molar-refractivity contribution in [2.24, 2.45) is 0 Å². The van der Waals surface area contributed by atoms with Crippen LogP contribution in [0, 0.1) is 5.82 Å². The van der Waals surface area contributed by atoms with E-state index in [9.17, 15) is 17.6 Å². The third-order valence-electron chi connectivity index (χ3n) is 2.28. The largest absolute Gasteiger partial charge is 0.355 e. The average molecular weight is 309 g/mol.